The van der Waals surface area contributed by atoms with Crippen molar-refractivity contribution in [2.75, 3.05) is 0 Å². The van der Waals surface area contributed by atoms with E-state index < -0.39 is 0 Å². The van der Waals surface area contributed by atoms with E-state index in [1.165, 1.54) is 104 Å². The zero-order valence-electron chi connectivity index (χ0n) is 36.6. The smallest absolute Gasteiger partial charge is 0.0541 e. The van der Waals surface area contributed by atoms with Crippen molar-refractivity contribution >= 4 is 43.6 Å². The van der Waals surface area contributed by atoms with Crippen LogP contribution in [0.15, 0.2) is 195 Å². The van der Waals surface area contributed by atoms with Gasteiger partial charge in [0.05, 0.1) is 22.1 Å². The minimum Gasteiger partial charge on any atom is -0.309 e. The van der Waals surface area contributed by atoms with E-state index >= 15 is 0 Å². The number of pyridine rings is 2. The Hall–Kier alpha value is -7.56. The van der Waals surface area contributed by atoms with E-state index in [0.717, 1.165) is 51.6 Å². The van der Waals surface area contributed by atoms with Crippen LogP contribution in [0.2, 0.25) is 0 Å². The van der Waals surface area contributed by atoms with Gasteiger partial charge in [0.2, 0.25) is 0 Å². The molecule has 4 fully saturated rings. The number of rotatable bonds is 5. The molecule has 66 heavy (non-hydrogen) atoms. The molecule has 0 unspecified atom stereocenters. The second kappa shape index (κ2) is 13.7. The predicted molar refractivity (Wildman–Crippen MR) is 270 cm³/mol. The lowest BCUT2D eigenvalue weighted by Gasteiger charge is -2.61. The Kier molecular flexibility index (Phi) is 7.64. The average Bonchev–Trinajstić information content (AvgIpc) is 3.99. The fourth-order valence-corrected chi connectivity index (χ4v) is 14.3. The predicted octanol–water partition coefficient (Wildman–Crippen LogP) is 15.4. The zero-order valence-corrected chi connectivity index (χ0v) is 36.6. The summed E-state index contributed by atoms with van der Waals surface area (Å²) >= 11 is 0. The first-order valence-corrected chi connectivity index (χ1v) is 24.0. The van der Waals surface area contributed by atoms with Crippen LogP contribution in [0.3, 0.4) is 0 Å². The molecule has 0 saturated heterocycles. The highest BCUT2D eigenvalue weighted by Crippen LogP contribution is 2.69. The van der Waals surface area contributed by atoms with Gasteiger partial charge in [-0.15, -0.1) is 0 Å². The van der Waals surface area contributed by atoms with Crippen molar-refractivity contribution in [1.29, 1.82) is 0 Å². The maximum absolute atomic E-state index is 4.48. The van der Waals surface area contributed by atoms with E-state index in [4.69, 9.17) is 0 Å². The van der Waals surface area contributed by atoms with Crippen LogP contribution in [0.5, 0.6) is 0 Å². The van der Waals surface area contributed by atoms with Crippen molar-refractivity contribution < 1.29 is 0 Å². The molecule has 0 aliphatic heterocycles. The number of aromatic nitrogens is 4. The van der Waals surface area contributed by atoms with E-state index in [1.807, 2.05) is 30.9 Å². The normalized spacial score (nSPS) is 21.4. The third-order valence-electron chi connectivity index (χ3n) is 16.7. The Morgan fingerprint density at radius 1 is 0.364 bits per heavy atom. The number of hydrogen-bond donors (Lipinski definition) is 0. The van der Waals surface area contributed by atoms with Gasteiger partial charge in [0, 0.05) is 68.7 Å². The molecule has 4 bridgehead atoms. The standard InChI is InChI=1S/C62H46N4/c1-4-12-56-50(9-1)51-18-17-48(36-57(51)62(56)46-27-38-26-39(29-46)30-47(62)28-38)65-58-13-5-2-10-52(58)54-34-41(15-19-60(54)65)42-16-20-61-55(35-42)53-11-3-6-14-59(53)66(61)49-32-44(40-21-24-63-25-22-40)31-45(33-49)43-8-7-23-64-37-43/h1-25,31-39,46-47H,26-30H2. The van der Waals surface area contributed by atoms with Crippen LogP contribution in [-0.2, 0) is 5.41 Å². The Labute approximate surface area is 383 Å². The van der Waals surface area contributed by atoms with Gasteiger partial charge in [0.15, 0.2) is 0 Å². The van der Waals surface area contributed by atoms with Gasteiger partial charge in [-0.2, -0.15) is 0 Å². The van der Waals surface area contributed by atoms with Crippen LogP contribution in [0, 0.1) is 23.7 Å². The van der Waals surface area contributed by atoms with Crippen molar-refractivity contribution in [3.8, 4) is 55.9 Å². The number of nitrogens with zero attached hydrogens (tertiary/aromatic N) is 4. The molecule has 4 aromatic heterocycles. The summed E-state index contributed by atoms with van der Waals surface area (Å²) in [6.07, 6.45) is 14.5. The molecule has 7 aromatic carbocycles. The summed E-state index contributed by atoms with van der Waals surface area (Å²) in [6, 6.07) is 64.3. The van der Waals surface area contributed by atoms with Crippen LogP contribution in [0.1, 0.15) is 43.2 Å². The second-order valence-electron chi connectivity index (χ2n) is 19.9. The largest absolute Gasteiger partial charge is 0.309 e. The van der Waals surface area contributed by atoms with Gasteiger partial charge < -0.3 is 9.13 Å². The van der Waals surface area contributed by atoms with Gasteiger partial charge in [-0.25, -0.2) is 0 Å². The lowest BCUT2D eigenvalue weighted by atomic mass is 9.43. The summed E-state index contributed by atoms with van der Waals surface area (Å²) < 4.78 is 4.98. The fraction of sp³-hybridized carbons (Fsp3) is 0.161. The Morgan fingerprint density at radius 2 is 0.955 bits per heavy atom. The van der Waals surface area contributed by atoms with Crippen LogP contribution >= 0.6 is 0 Å². The van der Waals surface area contributed by atoms with E-state index in [1.54, 1.807) is 11.1 Å². The highest BCUT2D eigenvalue weighted by molar-refractivity contribution is 6.13. The van der Waals surface area contributed by atoms with Gasteiger partial charge in [-0.05, 0) is 191 Å². The second-order valence-corrected chi connectivity index (χ2v) is 19.9. The molecule has 16 rings (SSSR count). The van der Waals surface area contributed by atoms with Gasteiger partial charge >= 0.3 is 0 Å². The summed E-state index contributed by atoms with van der Waals surface area (Å²) in [5, 5.41) is 5.05. The monoisotopic (exact) mass is 846 g/mol. The number of para-hydroxylation sites is 2. The first-order valence-electron chi connectivity index (χ1n) is 24.0. The summed E-state index contributed by atoms with van der Waals surface area (Å²) in [4.78, 5) is 8.79. The maximum Gasteiger partial charge on any atom is 0.0541 e. The SMILES string of the molecule is c1cncc(-c2cc(-c3ccncc3)cc(-n3c4ccccc4c4cc(-c5ccc6c(c5)c5ccccc5n6-c5ccc6c(c5)C5(c7ccccc7-6)C6CC7CC(C6)CC5C7)ccc43)c2)c1. The van der Waals surface area contributed by atoms with Gasteiger partial charge in [-0.1, -0.05) is 84.9 Å². The molecule has 0 atom stereocenters. The number of hydrogen-bond acceptors (Lipinski definition) is 2. The quantitative estimate of drug-likeness (QED) is 0.173. The molecule has 4 heterocycles. The Bertz CT molecular complexity index is 3690. The van der Waals surface area contributed by atoms with E-state index in [2.05, 4.69) is 183 Å². The molecule has 0 N–H and O–H groups in total. The molecule has 314 valence electrons. The average molecular weight is 847 g/mol. The lowest BCUT2D eigenvalue weighted by Crippen LogP contribution is -2.55. The summed E-state index contributed by atoms with van der Waals surface area (Å²) in [5.74, 6) is 3.31. The first-order chi connectivity index (χ1) is 32.7. The van der Waals surface area contributed by atoms with Crippen LogP contribution in [0.4, 0.5) is 0 Å². The molecule has 4 nitrogen and oxygen atoms in total. The number of fused-ring (bicyclic) bond motifs is 9. The highest BCUT2D eigenvalue weighted by atomic mass is 15.0. The Morgan fingerprint density at radius 3 is 1.62 bits per heavy atom. The molecule has 4 saturated carbocycles. The van der Waals surface area contributed by atoms with E-state index in [9.17, 15) is 0 Å². The fourth-order valence-electron chi connectivity index (χ4n) is 14.3. The highest BCUT2D eigenvalue weighted by Gasteiger charge is 2.61. The van der Waals surface area contributed by atoms with Crippen LogP contribution in [0.25, 0.3) is 99.5 Å². The molecule has 4 heteroatoms. The topological polar surface area (TPSA) is 35.6 Å². The molecule has 0 amide bonds. The maximum atomic E-state index is 4.48. The van der Waals surface area contributed by atoms with Crippen LogP contribution < -0.4 is 0 Å². The summed E-state index contributed by atoms with van der Waals surface area (Å²) in [5.41, 5.74) is 20.5. The minimum absolute atomic E-state index is 0.132. The van der Waals surface area contributed by atoms with Crippen molar-refractivity contribution in [3.63, 3.8) is 0 Å². The van der Waals surface area contributed by atoms with E-state index in [-0.39, 0.29) is 5.41 Å². The summed E-state index contributed by atoms with van der Waals surface area (Å²) in [7, 11) is 0. The lowest BCUT2D eigenvalue weighted by molar-refractivity contribution is -0.0399. The molecule has 5 aliphatic carbocycles. The third kappa shape index (κ3) is 5.10. The molecule has 5 aliphatic rings. The molecule has 11 aromatic rings. The molecular formula is C62H46N4. The zero-order chi connectivity index (χ0) is 43.1. The van der Waals surface area contributed by atoms with Crippen molar-refractivity contribution in [2.24, 2.45) is 23.7 Å². The molecular weight excluding hydrogens is 801 g/mol. The third-order valence-corrected chi connectivity index (χ3v) is 16.7. The summed E-state index contributed by atoms with van der Waals surface area (Å²) in [6.45, 7) is 0. The van der Waals surface area contributed by atoms with Gasteiger partial charge in [0.1, 0.15) is 0 Å². The van der Waals surface area contributed by atoms with Crippen LogP contribution in [-0.4, -0.2) is 19.1 Å². The molecule has 1 spiro atoms. The van der Waals surface area contributed by atoms with Crippen molar-refractivity contribution in [2.45, 2.75) is 37.5 Å². The Balaban J connectivity index is 0.877. The number of benzene rings is 7. The van der Waals surface area contributed by atoms with E-state index in [0.29, 0.717) is 0 Å². The van der Waals surface area contributed by atoms with Crippen molar-refractivity contribution in [1.82, 2.24) is 19.1 Å². The van der Waals surface area contributed by atoms with Crippen molar-refractivity contribution in [3.05, 3.63) is 206 Å². The molecule has 0 radical (unpaired) electrons. The van der Waals surface area contributed by atoms with Gasteiger partial charge in [0.25, 0.3) is 0 Å². The first kappa shape index (κ1) is 36.7. The minimum atomic E-state index is 0.132. The van der Waals surface area contributed by atoms with Gasteiger partial charge in [-0.3, -0.25) is 9.97 Å².